The molecule has 0 aromatic carbocycles. The molecule has 0 amide bonds. The van der Waals surface area contributed by atoms with Crippen LogP contribution in [0.2, 0.25) is 0 Å². The van der Waals surface area contributed by atoms with Crippen molar-refractivity contribution in [3.63, 3.8) is 0 Å². The highest BCUT2D eigenvalue weighted by Gasteiger charge is 2.27. The van der Waals surface area contributed by atoms with Crippen molar-refractivity contribution in [1.29, 1.82) is 0 Å². The Morgan fingerprint density at radius 3 is 2.92 bits per heavy atom. The highest BCUT2D eigenvalue weighted by atomic mass is 16.7. The molecule has 1 saturated heterocycles. The minimum Gasteiger partial charge on any atom is -0.393 e. The van der Waals surface area contributed by atoms with Gasteiger partial charge in [0.15, 0.2) is 6.29 Å². The molecule has 0 aliphatic carbocycles. The van der Waals surface area contributed by atoms with E-state index >= 15 is 0 Å². The van der Waals surface area contributed by atoms with E-state index in [1.807, 2.05) is 0 Å². The smallest absolute Gasteiger partial charge is 0.160 e. The minimum atomic E-state index is -0.305. The molecule has 4 nitrogen and oxygen atoms in total. The predicted octanol–water partition coefficient (Wildman–Crippen LogP) is -0.152. The summed E-state index contributed by atoms with van der Waals surface area (Å²) in [5, 5.41) is 9.41. The van der Waals surface area contributed by atoms with Gasteiger partial charge in [-0.05, 0) is 19.4 Å². The van der Waals surface area contributed by atoms with Crippen molar-refractivity contribution in [1.82, 2.24) is 0 Å². The van der Waals surface area contributed by atoms with E-state index in [0.717, 1.165) is 6.42 Å². The number of nitrogens with two attached hydrogens (primary N) is 1. The zero-order chi connectivity index (χ0) is 8.97. The fraction of sp³-hybridized carbons (Fsp3) is 1.00. The maximum absolute atomic E-state index is 9.41. The van der Waals surface area contributed by atoms with Crippen LogP contribution in [0.1, 0.15) is 19.3 Å². The number of ether oxygens (including phenoxy) is 2. The highest BCUT2D eigenvalue weighted by molar-refractivity contribution is 4.73. The summed E-state index contributed by atoms with van der Waals surface area (Å²) in [4.78, 5) is 0. The second kappa shape index (κ2) is 4.77. The van der Waals surface area contributed by atoms with Gasteiger partial charge in [0, 0.05) is 13.5 Å². The van der Waals surface area contributed by atoms with Gasteiger partial charge in [-0.1, -0.05) is 0 Å². The van der Waals surface area contributed by atoms with Crippen LogP contribution in [0.5, 0.6) is 0 Å². The Kier molecular flexibility index (Phi) is 3.94. The number of hydrogen-bond donors (Lipinski definition) is 2. The van der Waals surface area contributed by atoms with E-state index in [0.29, 0.717) is 19.4 Å². The van der Waals surface area contributed by atoms with Crippen molar-refractivity contribution in [2.24, 2.45) is 5.73 Å². The van der Waals surface area contributed by atoms with Gasteiger partial charge in [-0.25, -0.2) is 0 Å². The van der Waals surface area contributed by atoms with E-state index in [1.54, 1.807) is 7.11 Å². The molecular weight excluding hydrogens is 158 g/mol. The summed E-state index contributed by atoms with van der Waals surface area (Å²) in [5.74, 6) is 0. The van der Waals surface area contributed by atoms with Crippen LogP contribution in [-0.4, -0.2) is 37.3 Å². The molecule has 1 fully saturated rings. The maximum Gasteiger partial charge on any atom is 0.160 e. The third-order valence-electron chi connectivity index (χ3n) is 2.10. The Labute approximate surface area is 72.6 Å². The number of aliphatic hydroxyl groups is 1. The summed E-state index contributed by atoms with van der Waals surface area (Å²) < 4.78 is 10.5. The summed E-state index contributed by atoms with van der Waals surface area (Å²) in [7, 11) is 1.59. The third-order valence-corrected chi connectivity index (χ3v) is 2.10. The number of methoxy groups -OCH3 is 1. The SMILES string of the molecule is CO[C@H]1C[C@H](O)CC(CCN)O1. The lowest BCUT2D eigenvalue weighted by atomic mass is 10.0. The van der Waals surface area contributed by atoms with E-state index in [1.165, 1.54) is 0 Å². The van der Waals surface area contributed by atoms with E-state index < -0.39 is 0 Å². The summed E-state index contributed by atoms with van der Waals surface area (Å²) >= 11 is 0. The van der Waals surface area contributed by atoms with Crippen molar-refractivity contribution < 1.29 is 14.6 Å². The predicted molar refractivity (Wildman–Crippen MR) is 44.6 cm³/mol. The van der Waals surface area contributed by atoms with Crippen molar-refractivity contribution in [3.05, 3.63) is 0 Å². The number of aliphatic hydroxyl groups excluding tert-OH is 1. The maximum atomic E-state index is 9.41. The Bertz CT molecular complexity index is 131. The first-order valence-corrected chi connectivity index (χ1v) is 4.32. The third kappa shape index (κ3) is 2.71. The molecule has 0 aromatic rings. The molecule has 0 saturated carbocycles. The molecule has 0 radical (unpaired) electrons. The molecule has 0 spiro atoms. The van der Waals surface area contributed by atoms with E-state index in [2.05, 4.69) is 0 Å². The second-order valence-electron chi connectivity index (χ2n) is 3.13. The summed E-state index contributed by atoms with van der Waals surface area (Å²) in [6.07, 6.45) is 1.53. The van der Waals surface area contributed by atoms with Crippen LogP contribution in [0.15, 0.2) is 0 Å². The lowest BCUT2D eigenvalue weighted by molar-refractivity contribution is -0.204. The first-order valence-electron chi connectivity index (χ1n) is 4.32. The molecular formula is C8H17NO3. The van der Waals surface area contributed by atoms with E-state index in [-0.39, 0.29) is 18.5 Å². The van der Waals surface area contributed by atoms with Crippen LogP contribution in [0, 0.1) is 0 Å². The van der Waals surface area contributed by atoms with Gasteiger partial charge in [0.1, 0.15) is 0 Å². The lowest BCUT2D eigenvalue weighted by Gasteiger charge is -2.31. The van der Waals surface area contributed by atoms with Crippen LogP contribution in [0.4, 0.5) is 0 Å². The zero-order valence-electron chi connectivity index (χ0n) is 7.40. The van der Waals surface area contributed by atoms with Gasteiger partial charge < -0.3 is 20.3 Å². The van der Waals surface area contributed by atoms with E-state index in [9.17, 15) is 5.11 Å². The average Bonchev–Trinajstić information content (AvgIpc) is 2.04. The van der Waals surface area contributed by atoms with Crippen LogP contribution in [0.3, 0.4) is 0 Å². The van der Waals surface area contributed by atoms with Crippen molar-refractivity contribution >= 4 is 0 Å². The van der Waals surface area contributed by atoms with Gasteiger partial charge in [0.2, 0.25) is 0 Å². The fourth-order valence-corrected chi connectivity index (χ4v) is 1.47. The minimum absolute atomic E-state index is 0.0590. The molecule has 4 heteroatoms. The van der Waals surface area contributed by atoms with Crippen molar-refractivity contribution in [3.8, 4) is 0 Å². The van der Waals surface area contributed by atoms with Crippen LogP contribution < -0.4 is 5.73 Å². The van der Waals surface area contributed by atoms with Crippen LogP contribution in [0.25, 0.3) is 0 Å². The van der Waals surface area contributed by atoms with Gasteiger partial charge in [0.05, 0.1) is 12.2 Å². The standard InChI is InChI=1S/C8H17NO3/c1-11-8-5-6(10)4-7(12-8)2-3-9/h6-8,10H,2-5,9H2,1H3/t6-,7?,8-/m1/s1. The first kappa shape index (κ1) is 9.92. The van der Waals surface area contributed by atoms with Gasteiger partial charge >= 0.3 is 0 Å². The second-order valence-corrected chi connectivity index (χ2v) is 3.13. The lowest BCUT2D eigenvalue weighted by Crippen LogP contribution is -2.37. The first-order chi connectivity index (χ1) is 5.76. The molecule has 3 N–H and O–H groups in total. The molecule has 3 atom stereocenters. The van der Waals surface area contributed by atoms with Gasteiger partial charge in [-0.3, -0.25) is 0 Å². The van der Waals surface area contributed by atoms with Crippen molar-refractivity contribution in [2.45, 2.75) is 37.8 Å². The van der Waals surface area contributed by atoms with Gasteiger partial charge in [-0.2, -0.15) is 0 Å². The zero-order valence-corrected chi connectivity index (χ0v) is 7.40. The number of hydrogen-bond acceptors (Lipinski definition) is 4. The Morgan fingerprint density at radius 2 is 2.33 bits per heavy atom. The molecule has 0 bridgehead atoms. The molecule has 72 valence electrons. The topological polar surface area (TPSA) is 64.7 Å². The van der Waals surface area contributed by atoms with Crippen LogP contribution >= 0.6 is 0 Å². The Balaban J connectivity index is 2.34. The Hall–Kier alpha value is -0.160. The molecule has 1 aliphatic heterocycles. The quantitative estimate of drug-likeness (QED) is 0.626. The van der Waals surface area contributed by atoms with Crippen molar-refractivity contribution in [2.75, 3.05) is 13.7 Å². The molecule has 1 heterocycles. The molecule has 1 aliphatic rings. The summed E-state index contributed by atoms with van der Waals surface area (Å²) in [6, 6.07) is 0. The monoisotopic (exact) mass is 175 g/mol. The molecule has 1 unspecified atom stereocenters. The Morgan fingerprint density at radius 1 is 1.58 bits per heavy atom. The number of rotatable bonds is 3. The van der Waals surface area contributed by atoms with Gasteiger partial charge in [0.25, 0.3) is 0 Å². The summed E-state index contributed by atoms with van der Waals surface area (Å²) in [5.41, 5.74) is 5.39. The van der Waals surface area contributed by atoms with E-state index in [4.69, 9.17) is 15.2 Å². The fourth-order valence-electron chi connectivity index (χ4n) is 1.47. The molecule has 0 aromatic heterocycles. The van der Waals surface area contributed by atoms with Gasteiger partial charge in [-0.15, -0.1) is 0 Å². The molecule has 12 heavy (non-hydrogen) atoms. The highest BCUT2D eigenvalue weighted by Crippen LogP contribution is 2.21. The van der Waals surface area contributed by atoms with Crippen LogP contribution in [-0.2, 0) is 9.47 Å². The largest absolute Gasteiger partial charge is 0.393 e. The average molecular weight is 175 g/mol. The molecule has 1 rings (SSSR count). The summed E-state index contributed by atoms with van der Waals surface area (Å²) in [6.45, 7) is 0.591. The normalized spacial score (nSPS) is 36.8.